The Morgan fingerprint density at radius 2 is 1.73 bits per heavy atom. The second kappa shape index (κ2) is 2.82. The van der Waals surface area contributed by atoms with Gasteiger partial charge in [0.1, 0.15) is 0 Å². The van der Waals surface area contributed by atoms with Gasteiger partial charge in [0.25, 0.3) is 0 Å². The van der Waals surface area contributed by atoms with Gasteiger partial charge in [0.2, 0.25) is 0 Å². The van der Waals surface area contributed by atoms with Gasteiger partial charge in [0.05, 0.1) is 8.07 Å². The predicted molar refractivity (Wildman–Crippen MR) is 54.2 cm³/mol. The van der Waals surface area contributed by atoms with Gasteiger partial charge in [-0.15, -0.1) is 0 Å². The largest absolute Gasteiger partial charge is 0.0776 e. The second-order valence-electron chi connectivity index (χ2n) is 4.12. The average Bonchev–Trinajstić information content (AvgIpc) is 1.86. The summed E-state index contributed by atoms with van der Waals surface area (Å²) in [7, 11) is -1.06. The molecule has 0 aliphatic heterocycles. The van der Waals surface area contributed by atoms with Crippen molar-refractivity contribution in [1.29, 1.82) is 0 Å². The summed E-state index contributed by atoms with van der Waals surface area (Å²) in [6.07, 6.45) is 0. The van der Waals surface area contributed by atoms with Crippen LogP contribution in [-0.4, -0.2) is 8.07 Å². The van der Waals surface area contributed by atoms with E-state index in [1.54, 1.807) is 5.19 Å². The Kier molecular flexibility index (Phi) is 2.19. The fourth-order valence-corrected chi connectivity index (χ4v) is 2.37. The molecule has 0 aliphatic rings. The summed E-state index contributed by atoms with van der Waals surface area (Å²) < 4.78 is 0. The number of aryl methyl sites for hydroxylation is 1. The van der Waals surface area contributed by atoms with E-state index in [4.69, 9.17) is 0 Å². The Morgan fingerprint density at radius 1 is 1.09 bits per heavy atom. The second-order valence-corrected chi connectivity index (χ2v) is 9.20. The lowest BCUT2D eigenvalue weighted by Crippen LogP contribution is -2.37. The van der Waals surface area contributed by atoms with Crippen LogP contribution in [0.5, 0.6) is 0 Å². The maximum atomic E-state index is 2.38. The molecule has 1 heteroatoms. The molecule has 0 amide bonds. The first-order chi connectivity index (χ1) is 5.00. The smallest absolute Gasteiger partial charge is 0.0656 e. The van der Waals surface area contributed by atoms with Crippen LogP contribution in [0, 0.1) is 6.92 Å². The molecule has 0 radical (unpaired) electrons. The van der Waals surface area contributed by atoms with Crippen molar-refractivity contribution in [2.45, 2.75) is 26.6 Å². The lowest BCUT2D eigenvalue weighted by Gasteiger charge is -2.16. The van der Waals surface area contributed by atoms with E-state index >= 15 is 0 Å². The first-order valence-electron chi connectivity index (χ1n) is 4.07. The van der Waals surface area contributed by atoms with Crippen LogP contribution in [0.3, 0.4) is 0 Å². The highest BCUT2D eigenvalue weighted by atomic mass is 28.3. The Balaban J connectivity index is 3.06. The van der Waals surface area contributed by atoms with Crippen LogP contribution in [-0.2, 0) is 0 Å². The SMILES string of the molecule is Cc1cccc([Si](C)(C)C)c1. The molecule has 60 valence electrons. The van der Waals surface area contributed by atoms with Crippen molar-refractivity contribution in [2.75, 3.05) is 0 Å². The molecule has 0 unspecified atom stereocenters. The topological polar surface area (TPSA) is 0 Å². The van der Waals surface area contributed by atoms with Crippen LogP contribution in [0.1, 0.15) is 5.56 Å². The Labute approximate surface area is 70.3 Å². The zero-order chi connectivity index (χ0) is 8.48. The van der Waals surface area contributed by atoms with E-state index in [9.17, 15) is 0 Å². The Bertz CT molecular complexity index is 245. The minimum absolute atomic E-state index is 1.06. The summed E-state index contributed by atoms with van der Waals surface area (Å²) in [6, 6.07) is 8.87. The number of rotatable bonds is 1. The summed E-state index contributed by atoms with van der Waals surface area (Å²) in [4.78, 5) is 0. The van der Waals surface area contributed by atoms with Gasteiger partial charge in [0, 0.05) is 0 Å². The molecule has 0 atom stereocenters. The van der Waals surface area contributed by atoms with Gasteiger partial charge in [-0.1, -0.05) is 54.7 Å². The fourth-order valence-electron chi connectivity index (χ4n) is 1.11. The summed E-state index contributed by atoms with van der Waals surface area (Å²) in [5.41, 5.74) is 1.38. The highest BCUT2D eigenvalue weighted by Crippen LogP contribution is 2.03. The van der Waals surface area contributed by atoms with Crippen LogP contribution in [0.2, 0.25) is 19.6 Å². The highest BCUT2D eigenvalue weighted by Gasteiger charge is 2.15. The normalized spacial score (nSPS) is 11.6. The van der Waals surface area contributed by atoms with Crippen molar-refractivity contribution in [3.8, 4) is 0 Å². The predicted octanol–water partition coefficient (Wildman–Crippen LogP) is 2.54. The Hall–Kier alpha value is -0.563. The first-order valence-corrected chi connectivity index (χ1v) is 7.57. The van der Waals surface area contributed by atoms with Crippen molar-refractivity contribution in [2.24, 2.45) is 0 Å². The molecule has 1 rings (SSSR count). The lowest BCUT2D eigenvalue weighted by molar-refractivity contribution is 1.48. The summed E-state index contributed by atoms with van der Waals surface area (Å²) in [5, 5.41) is 1.55. The molecule has 0 saturated carbocycles. The van der Waals surface area contributed by atoms with Gasteiger partial charge >= 0.3 is 0 Å². The van der Waals surface area contributed by atoms with Gasteiger partial charge in [-0.25, -0.2) is 0 Å². The molecule has 11 heavy (non-hydrogen) atoms. The maximum Gasteiger partial charge on any atom is 0.0776 e. The number of hydrogen-bond acceptors (Lipinski definition) is 0. The summed E-state index contributed by atoms with van der Waals surface area (Å²) in [5.74, 6) is 0. The third kappa shape index (κ3) is 2.19. The van der Waals surface area contributed by atoms with E-state index in [1.165, 1.54) is 5.56 Å². The van der Waals surface area contributed by atoms with Gasteiger partial charge < -0.3 is 0 Å². The minimum Gasteiger partial charge on any atom is -0.0656 e. The van der Waals surface area contributed by atoms with Crippen LogP contribution in [0.4, 0.5) is 0 Å². The third-order valence-corrected chi connectivity index (χ3v) is 3.93. The van der Waals surface area contributed by atoms with Crippen LogP contribution in [0.15, 0.2) is 24.3 Å². The molecule has 0 fully saturated rings. The average molecular weight is 164 g/mol. The molecule has 1 aromatic carbocycles. The van der Waals surface area contributed by atoms with E-state index in [1.807, 2.05) is 0 Å². The third-order valence-electron chi connectivity index (χ3n) is 1.88. The molecule has 0 heterocycles. The molecule has 0 bridgehead atoms. The van der Waals surface area contributed by atoms with Crippen molar-refractivity contribution in [3.05, 3.63) is 29.8 Å². The monoisotopic (exact) mass is 164 g/mol. The molecule has 0 spiro atoms. The Morgan fingerprint density at radius 3 is 2.09 bits per heavy atom. The van der Waals surface area contributed by atoms with Crippen LogP contribution in [0.25, 0.3) is 0 Å². The first kappa shape index (κ1) is 8.53. The quantitative estimate of drug-likeness (QED) is 0.560. The number of benzene rings is 1. The number of hydrogen-bond donors (Lipinski definition) is 0. The maximum absolute atomic E-state index is 2.38. The summed E-state index contributed by atoms with van der Waals surface area (Å²) >= 11 is 0. The van der Waals surface area contributed by atoms with Crippen LogP contribution >= 0.6 is 0 Å². The zero-order valence-electron chi connectivity index (χ0n) is 7.81. The fraction of sp³-hybridized carbons (Fsp3) is 0.400. The molecule has 0 N–H and O–H groups in total. The van der Waals surface area contributed by atoms with E-state index in [-0.39, 0.29) is 0 Å². The van der Waals surface area contributed by atoms with Crippen molar-refractivity contribution >= 4 is 13.3 Å². The molecular weight excluding hydrogens is 148 g/mol. The summed E-state index contributed by atoms with van der Waals surface area (Å²) in [6.45, 7) is 9.29. The van der Waals surface area contributed by atoms with Crippen molar-refractivity contribution < 1.29 is 0 Å². The standard InChI is InChI=1S/C10H16Si/c1-9-6-5-7-10(8-9)11(2,3)4/h5-8H,1-4H3. The van der Waals surface area contributed by atoms with Gasteiger partial charge in [0.15, 0.2) is 0 Å². The van der Waals surface area contributed by atoms with E-state index in [0.29, 0.717) is 0 Å². The molecule has 0 aliphatic carbocycles. The lowest BCUT2D eigenvalue weighted by atomic mass is 10.2. The van der Waals surface area contributed by atoms with E-state index in [0.717, 1.165) is 0 Å². The van der Waals surface area contributed by atoms with Crippen LogP contribution < -0.4 is 5.19 Å². The molecule has 0 nitrogen and oxygen atoms in total. The van der Waals surface area contributed by atoms with Gasteiger partial charge in [-0.05, 0) is 6.92 Å². The van der Waals surface area contributed by atoms with Crippen molar-refractivity contribution in [1.82, 2.24) is 0 Å². The molecule has 1 aromatic rings. The van der Waals surface area contributed by atoms with E-state index < -0.39 is 8.07 Å². The minimum atomic E-state index is -1.06. The molecular formula is C10H16Si. The molecule has 0 saturated heterocycles. The van der Waals surface area contributed by atoms with Crippen molar-refractivity contribution in [3.63, 3.8) is 0 Å². The zero-order valence-corrected chi connectivity index (χ0v) is 8.81. The highest BCUT2D eigenvalue weighted by molar-refractivity contribution is 6.88. The van der Waals surface area contributed by atoms with Gasteiger partial charge in [-0.2, -0.15) is 0 Å². The molecule has 0 aromatic heterocycles. The van der Waals surface area contributed by atoms with Gasteiger partial charge in [-0.3, -0.25) is 0 Å². The van der Waals surface area contributed by atoms with E-state index in [2.05, 4.69) is 50.8 Å².